The Hall–Kier alpha value is -0.410. The molecule has 5 N–H and O–H groups in total. The third kappa shape index (κ3) is 4.37. The normalized spacial score (nSPS) is 47.0. The smallest absolute Gasteiger partial charge is 0.217 e. The van der Waals surface area contributed by atoms with Crippen molar-refractivity contribution in [1.29, 1.82) is 0 Å². The topological polar surface area (TPSA) is 113 Å². The number of hydrogen-bond acceptors (Lipinski definition) is 10. The van der Waals surface area contributed by atoms with Gasteiger partial charge in [-0.05, 0) is 37.6 Å². The lowest BCUT2D eigenvalue weighted by Crippen LogP contribution is -2.67. The minimum absolute atomic E-state index is 0.0592. The monoisotopic (exact) mass is 484 g/mol. The van der Waals surface area contributed by atoms with E-state index < -0.39 is 15.3 Å². The Balaban J connectivity index is 1.08. The highest BCUT2D eigenvalue weighted by atomic mass is 32.2. The molecule has 0 aromatic carbocycles. The molecule has 12 heteroatoms. The highest BCUT2D eigenvalue weighted by Crippen LogP contribution is 2.46. The summed E-state index contributed by atoms with van der Waals surface area (Å²) in [5.41, 5.74) is 6.74. The van der Waals surface area contributed by atoms with Gasteiger partial charge in [0.05, 0.1) is 12.2 Å². The van der Waals surface area contributed by atoms with Gasteiger partial charge in [0.1, 0.15) is 11.5 Å². The van der Waals surface area contributed by atoms with Crippen molar-refractivity contribution in [3.8, 4) is 0 Å². The van der Waals surface area contributed by atoms with E-state index in [0.29, 0.717) is 25.0 Å². The van der Waals surface area contributed by atoms with Gasteiger partial charge in [-0.15, -0.1) is 0 Å². The van der Waals surface area contributed by atoms with Gasteiger partial charge in [0, 0.05) is 71.4 Å². The van der Waals surface area contributed by atoms with Gasteiger partial charge in [0.2, 0.25) is 10.0 Å². The van der Waals surface area contributed by atoms with Gasteiger partial charge >= 0.3 is 0 Å². The first-order valence-electron chi connectivity index (χ1n) is 12.6. The van der Waals surface area contributed by atoms with Crippen LogP contribution in [-0.2, 0) is 14.8 Å². The van der Waals surface area contributed by atoms with Crippen molar-refractivity contribution in [3.05, 3.63) is 0 Å². The quantitative estimate of drug-likeness (QED) is 0.277. The van der Waals surface area contributed by atoms with E-state index in [-0.39, 0.29) is 24.5 Å². The Morgan fingerprint density at radius 3 is 2.58 bits per heavy atom. The molecule has 5 heterocycles. The Bertz CT molecular complexity index is 822. The van der Waals surface area contributed by atoms with Crippen LogP contribution in [0, 0.1) is 17.8 Å². The highest BCUT2D eigenvalue weighted by Gasteiger charge is 2.50. The molecule has 188 valence electrons. The van der Waals surface area contributed by atoms with E-state index in [1.165, 1.54) is 25.9 Å². The number of nitrogens with zero attached hydrogens (tertiary/aromatic N) is 3. The first-order valence-corrected chi connectivity index (χ1v) is 14.2. The number of fused-ring (bicyclic) bond motifs is 2. The molecule has 6 fully saturated rings. The summed E-state index contributed by atoms with van der Waals surface area (Å²) in [6.45, 7) is 6.09. The summed E-state index contributed by atoms with van der Waals surface area (Å²) < 4.78 is 35.6. The molecule has 0 radical (unpaired) electrons. The number of piperidine rings is 3. The third-order valence-corrected chi connectivity index (χ3v) is 10.8. The lowest BCUT2D eigenvalue weighted by Gasteiger charge is -2.42. The molecule has 0 aromatic rings. The average molecular weight is 485 g/mol. The molecular formula is C21H40N8O3S. The van der Waals surface area contributed by atoms with Gasteiger partial charge in [-0.2, -0.15) is 0 Å². The SMILES string of the molecule is COC1NCC2CNN(C)C2C1NS(=O)(=O)C1CNN(C2CC(N3CC4CC4C3)CCN2)C1. The molecule has 11 nitrogen and oxygen atoms in total. The maximum Gasteiger partial charge on any atom is 0.217 e. The zero-order chi connectivity index (χ0) is 22.7. The summed E-state index contributed by atoms with van der Waals surface area (Å²) in [5, 5.41) is 10.7. The largest absolute Gasteiger partial charge is 0.365 e. The van der Waals surface area contributed by atoms with Crippen LogP contribution in [0.25, 0.3) is 0 Å². The number of likely N-dealkylation sites (tertiary alicyclic amines) is 1. The number of rotatable bonds is 6. The minimum atomic E-state index is -3.53. The summed E-state index contributed by atoms with van der Waals surface area (Å²) in [6.07, 6.45) is 3.49. The van der Waals surface area contributed by atoms with E-state index in [2.05, 4.69) is 36.1 Å². The van der Waals surface area contributed by atoms with Crippen LogP contribution in [-0.4, -0.2) is 119 Å². The Morgan fingerprint density at radius 2 is 1.79 bits per heavy atom. The predicted octanol–water partition coefficient (Wildman–Crippen LogP) is -2.50. The molecule has 5 aliphatic heterocycles. The van der Waals surface area contributed by atoms with E-state index in [9.17, 15) is 8.42 Å². The molecule has 0 amide bonds. The number of likely N-dealkylation sites (N-methyl/N-ethyl adjacent to an activating group) is 1. The van der Waals surface area contributed by atoms with Gasteiger partial charge in [0.15, 0.2) is 0 Å². The van der Waals surface area contributed by atoms with Crippen molar-refractivity contribution in [2.45, 2.75) is 55.0 Å². The molecule has 6 rings (SSSR count). The standard InChI is InChI=1S/C21H40N8O3S/c1-27-20-15(8-24-27)7-23-21(32-2)19(20)26-33(30,31)17-9-25-29(12-17)18-6-16(3-4-22-18)28-10-13-5-14(13)11-28/h13-26H,3-12H2,1-2H3. The van der Waals surface area contributed by atoms with E-state index in [1.807, 2.05) is 12.1 Å². The lowest BCUT2D eigenvalue weighted by molar-refractivity contribution is -0.0106. The Labute approximate surface area is 197 Å². The number of sulfonamides is 1. The van der Waals surface area contributed by atoms with E-state index >= 15 is 0 Å². The Kier molecular flexibility index (Phi) is 6.22. The summed E-state index contributed by atoms with van der Waals surface area (Å²) in [4.78, 5) is 2.68. The molecule has 1 aliphatic carbocycles. The van der Waals surface area contributed by atoms with E-state index in [0.717, 1.165) is 37.9 Å². The second kappa shape index (κ2) is 8.91. The van der Waals surface area contributed by atoms with Gasteiger partial charge in [-0.1, -0.05) is 0 Å². The second-order valence-electron chi connectivity index (χ2n) is 11.0. The number of nitrogens with one attached hydrogen (secondary N) is 5. The van der Waals surface area contributed by atoms with Crippen LogP contribution >= 0.6 is 0 Å². The fourth-order valence-corrected chi connectivity index (χ4v) is 8.43. The van der Waals surface area contributed by atoms with Crippen molar-refractivity contribution in [2.75, 3.05) is 60.0 Å². The predicted molar refractivity (Wildman–Crippen MR) is 124 cm³/mol. The first kappa shape index (κ1) is 23.0. The van der Waals surface area contributed by atoms with Gasteiger partial charge < -0.3 is 10.1 Å². The summed E-state index contributed by atoms with van der Waals surface area (Å²) in [7, 11) is 0.0847. The number of hydrogen-bond donors (Lipinski definition) is 5. The summed E-state index contributed by atoms with van der Waals surface area (Å²) >= 11 is 0. The van der Waals surface area contributed by atoms with Crippen LogP contribution in [0.3, 0.4) is 0 Å². The van der Waals surface area contributed by atoms with Crippen LogP contribution in [0.1, 0.15) is 19.3 Å². The molecule has 0 bridgehead atoms. The maximum absolute atomic E-state index is 13.5. The lowest BCUT2D eigenvalue weighted by atomic mass is 9.90. The Morgan fingerprint density at radius 1 is 0.970 bits per heavy atom. The van der Waals surface area contributed by atoms with Crippen molar-refractivity contribution in [3.63, 3.8) is 0 Å². The molecule has 33 heavy (non-hydrogen) atoms. The third-order valence-electron chi connectivity index (χ3n) is 8.98. The summed E-state index contributed by atoms with van der Waals surface area (Å²) in [5.74, 6) is 2.23. The first-order chi connectivity index (χ1) is 15.9. The zero-order valence-electron chi connectivity index (χ0n) is 19.7. The fraction of sp³-hybridized carbons (Fsp3) is 1.00. The van der Waals surface area contributed by atoms with Crippen LogP contribution < -0.4 is 26.2 Å². The average Bonchev–Trinajstić information content (AvgIpc) is 3.21. The van der Waals surface area contributed by atoms with Crippen molar-refractivity contribution in [1.82, 2.24) is 41.1 Å². The van der Waals surface area contributed by atoms with E-state index in [1.54, 1.807) is 7.11 Å². The molecule has 9 unspecified atom stereocenters. The molecule has 0 spiro atoms. The van der Waals surface area contributed by atoms with Crippen LogP contribution in [0.2, 0.25) is 0 Å². The zero-order valence-corrected chi connectivity index (χ0v) is 20.6. The van der Waals surface area contributed by atoms with Gasteiger partial charge in [-0.3, -0.25) is 21.1 Å². The number of methoxy groups -OCH3 is 1. The fourth-order valence-electron chi connectivity index (χ4n) is 6.94. The molecule has 9 atom stereocenters. The molecule has 5 saturated heterocycles. The maximum atomic E-state index is 13.5. The van der Waals surface area contributed by atoms with E-state index in [4.69, 9.17) is 4.74 Å². The minimum Gasteiger partial charge on any atom is -0.365 e. The molecule has 6 aliphatic rings. The molecule has 0 aromatic heterocycles. The number of hydrazine groups is 2. The van der Waals surface area contributed by atoms with Crippen molar-refractivity contribution in [2.24, 2.45) is 17.8 Å². The van der Waals surface area contributed by atoms with Crippen molar-refractivity contribution < 1.29 is 13.2 Å². The van der Waals surface area contributed by atoms with Crippen LogP contribution in [0.4, 0.5) is 0 Å². The second-order valence-corrected chi connectivity index (χ2v) is 13.0. The van der Waals surface area contributed by atoms with Gasteiger partial charge in [0.25, 0.3) is 0 Å². The molecular weight excluding hydrogens is 444 g/mol. The van der Waals surface area contributed by atoms with Crippen molar-refractivity contribution >= 4 is 10.0 Å². The summed E-state index contributed by atoms with van der Waals surface area (Å²) in [6, 6.07) is 0.327. The highest BCUT2D eigenvalue weighted by molar-refractivity contribution is 7.90. The molecule has 1 saturated carbocycles. The van der Waals surface area contributed by atoms with Gasteiger partial charge in [-0.25, -0.2) is 23.2 Å². The van der Waals surface area contributed by atoms with Crippen LogP contribution in [0.5, 0.6) is 0 Å². The number of ether oxygens (including phenoxy) is 1. The van der Waals surface area contributed by atoms with Crippen LogP contribution in [0.15, 0.2) is 0 Å².